The second-order valence-corrected chi connectivity index (χ2v) is 3.33. The van der Waals surface area contributed by atoms with Crippen molar-refractivity contribution in [2.75, 3.05) is 13.2 Å². The van der Waals surface area contributed by atoms with Crippen LogP contribution in [0.25, 0.3) is 0 Å². The highest BCUT2D eigenvalue weighted by Gasteiger charge is 2.24. The summed E-state index contributed by atoms with van der Waals surface area (Å²) in [6, 6.07) is 3.20. The van der Waals surface area contributed by atoms with Gasteiger partial charge in [-0.2, -0.15) is 0 Å². The Kier molecular flexibility index (Phi) is 2.45. The van der Waals surface area contributed by atoms with Crippen molar-refractivity contribution in [2.45, 2.75) is 12.3 Å². The van der Waals surface area contributed by atoms with E-state index < -0.39 is 0 Å². The molecular weight excluding hydrogens is 182 g/mol. The van der Waals surface area contributed by atoms with E-state index in [1.807, 2.05) is 0 Å². The van der Waals surface area contributed by atoms with E-state index in [1.54, 1.807) is 12.3 Å². The van der Waals surface area contributed by atoms with E-state index >= 15 is 0 Å². The maximum atomic E-state index is 11.5. The van der Waals surface area contributed by atoms with Crippen LogP contribution < -0.4 is 5.56 Å². The number of hydrogen-bond donors (Lipinski definition) is 1. The molecule has 2 heterocycles. The van der Waals surface area contributed by atoms with Crippen LogP contribution in [0.15, 0.2) is 23.1 Å². The maximum Gasteiger partial charge on any atom is 0.248 e. The second kappa shape index (κ2) is 3.75. The van der Waals surface area contributed by atoms with Crippen molar-refractivity contribution in [3.8, 4) is 0 Å². The fourth-order valence-electron chi connectivity index (χ4n) is 1.60. The predicted molar refractivity (Wildman–Crippen MR) is 50.2 cm³/mol. The Labute approximate surface area is 80.9 Å². The molecule has 0 aromatic carbocycles. The Balaban J connectivity index is 2.29. The summed E-state index contributed by atoms with van der Waals surface area (Å²) < 4.78 is 5.21. The van der Waals surface area contributed by atoms with Gasteiger partial charge in [0.2, 0.25) is 5.56 Å². The van der Waals surface area contributed by atoms with Crippen LogP contribution in [0.5, 0.6) is 0 Å². The Bertz CT molecular complexity index is 396. The first-order chi connectivity index (χ1) is 6.77. The summed E-state index contributed by atoms with van der Waals surface area (Å²) in [7, 11) is 0. The highest BCUT2D eigenvalue weighted by Crippen LogP contribution is 2.20. The molecular formula is C10H11NO3. The van der Waals surface area contributed by atoms with E-state index in [4.69, 9.17) is 4.74 Å². The summed E-state index contributed by atoms with van der Waals surface area (Å²) in [6.45, 7) is 0.890. The highest BCUT2D eigenvalue weighted by atomic mass is 16.5. The van der Waals surface area contributed by atoms with Crippen molar-refractivity contribution in [2.24, 2.45) is 0 Å². The van der Waals surface area contributed by atoms with Gasteiger partial charge in [-0.05, 0) is 11.6 Å². The Morgan fingerprint density at radius 3 is 3.00 bits per heavy atom. The summed E-state index contributed by atoms with van der Waals surface area (Å²) in [6.07, 6.45) is 2.00. The number of Topliss-reactive ketones (excluding diaryl/α,β-unsaturated/α-hetero) is 1. The van der Waals surface area contributed by atoms with Crippen LogP contribution in [0, 0.1) is 0 Å². The highest BCUT2D eigenvalue weighted by molar-refractivity contribution is 5.86. The summed E-state index contributed by atoms with van der Waals surface area (Å²) >= 11 is 0. The van der Waals surface area contributed by atoms with E-state index in [0.29, 0.717) is 19.6 Å². The molecule has 1 atom stereocenters. The number of aromatic nitrogens is 1. The van der Waals surface area contributed by atoms with Crippen LogP contribution in [0.1, 0.15) is 17.9 Å². The average molecular weight is 193 g/mol. The number of carbonyl (C=O) groups excluding carboxylic acids is 1. The molecule has 1 fully saturated rings. The van der Waals surface area contributed by atoms with E-state index in [2.05, 4.69) is 4.98 Å². The fraction of sp³-hybridized carbons (Fsp3) is 0.400. The molecule has 1 N–H and O–H groups in total. The maximum absolute atomic E-state index is 11.5. The molecule has 1 aliphatic heterocycles. The zero-order valence-corrected chi connectivity index (χ0v) is 7.66. The molecule has 2 rings (SSSR count). The number of rotatable bonds is 1. The van der Waals surface area contributed by atoms with E-state index in [1.165, 1.54) is 6.07 Å². The van der Waals surface area contributed by atoms with E-state index in [-0.39, 0.29) is 17.3 Å². The molecule has 74 valence electrons. The normalized spacial score (nSPS) is 22.3. The van der Waals surface area contributed by atoms with Crippen LogP contribution in [-0.4, -0.2) is 24.0 Å². The molecule has 0 amide bonds. The van der Waals surface area contributed by atoms with Crippen LogP contribution >= 0.6 is 0 Å². The summed E-state index contributed by atoms with van der Waals surface area (Å²) in [4.78, 5) is 25.1. The fourth-order valence-corrected chi connectivity index (χ4v) is 1.60. The van der Waals surface area contributed by atoms with Gasteiger partial charge >= 0.3 is 0 Å². The number of aromatic amines is 1. The third-order valence-corrected chi connectivity index (χ3v) is 2.37. The molecule has 4 heteroatoms. The zero-order valence-electron chi connectivity index (χ0n) is 7.66. The van der Waals surface area contributed by atoms with Gasteiger partial charge in [0.1, 0.15) is 5.78 Å². The quantitative estimate of drug-likeness (QED) is 0.704. The molecule has 0 radical (unpaired) electrons. The lowest BCUT2D eigenvalue weighted by Gasteiger charge is -2.20. The lowest BCUT2D eigenvalue weighted by atomic mass is 9.93. The molecule has 0 saturated carbocycles. The minimum Gasteiger partial charge on any atom is -0.380 e. The number of carbonyl (C=O) groups is 1. The van der Waals surface area contributed by atoms with Crippen molar-refractivity contribution < 1.29 is 9.53 Å². The minimum absolute atomic E-state index is 0.154. The second-order valence-electron chi connectivity index (χ2n) is 3.33. The predicted octanol–water partition coefficient (Wildman–Crippen LogP) is 0.448. The summed E-state index contributed by atoms with van der Waals surface area (Å²) in [5.41, 5.74) is 0.569. The first kappa shape index (κ1) is 9.15. The molecule has 1 saturated heterocycles. The molecule has 0 aliphatic carbocycles. The Hall–Kier alpha value is -1.42. The molecule has 4 nitrogen and oxygen atoms in total. The molecule has 14 heavy (non-hydrogen) atoms. The number of ketones is 1. The van der Waals surface area contributed by atoms with Gasteiger partial charge in [0, 0.05) is 18.7 Å². The van der Waals surface area contributed by atoms with Crippen molar-refractivity contribution in [1.82, 2.24) is 4.98 Å². The first-order valence-corrected chi connectivity index (χ1v) is 4.56. The minimum atomic E-state index is -0.258. The van der Waals surface area contributed by atoms with Gasteiger partial charge in [-0.15, -0.1) is 0 Å². The van der Waals surface area contributed by atoms with Gasteiger partial charge < -0.3 is 9.72 Å². The zero-order chi connectivity index (χ0) is 9.97. The van der Waals surface area contributed by atoms with Crippen LogP contribution in [0.2, 0.25) is 0 Å². The van der Waals surface area contributed by atoms with Crippen molar-refractivity contribution in [1.29, 1.82) is 0 Å². The molecule has 1 aromatic rings. The largest absolute Gasteiger partial charge is 0.380 e. The topological polar surface area (TPSA) is 59.2 Å². The van der Waals surface area contributed by atoms with E-state index in [9.17, 15) is 9.59 Å². The van der Waals surface area contributed by atoms with Gasteiger partial charge in [-0.3, -0.25) is 9.59 Å². The monoisotopic (exact) mass is 193 g/mol. The van der Waals surface area contributed by atoms with Gasteiger partial charge in [-0.25, -0.2) is 0 Å². The number of pyridine rings is 1. The molecule has 1 aromatic heterocycles. The van der Waals surface area contributed by atoms with Gasteiger partial charge in [0.25, 0.3) is 0 Å². The summed E-state index contributed by atoms with van der Waals surface area (Å²) in [5, 5.41) is 0. The number of hydrogen-bond acceptors (Lipinski definition) is 3. The van der Waals surface area contributed by atoms with Gasteiger partial charge in [0.15, 0.2) is 0 Å². The van der Waals surface area contributed by atoms with E-state index in [0.717, 1.165) is 5.56 Å². The number of ether oxygens (including phenoxy) is 1. The van der Waals surface area contributed by atoms with Crippen molar-refractivity contribution in [3.63, 3.8) is 0 Å². The third kappa shape index (κ3) is 1.75. The van der Waals surface area contributed by atoms with Crippen LogP contribution in [0.4, 0.5) is 0 Å². The SMILES string of the molecule is O=C1CCOCC1c1cc[nH]c(=O)c1. The molecule has 1 unspecified atom stereocenters. The number of H-pyrrole nitrogens is 1. The molecule has 1 aliphatic rings. The molecule has 0 bridgehead atoms. The lowest BCUT2D eigenvalue weighted by Crippen LogP contribution is -2.26. The lowest BCUT2D eigenvalue weighted by molar-refractivity contribution is -0.126. The summed E-state index contributed by atoms with van der Waals surface area (Å²) in [5.74, 6) is -0.104. The Morgan fingerprint density at radius 2 is 2.29 bits per heavy atom. The molecule has 0 spiro atoms. The van der Waals surface area contributed by atoms with Crippen LogP contribution in [0.3, 0.4) is 0 Å². The first-order valence-electron chi connectivity index (χ1n) is 4.56. The van der Waals surface area contributed by atoms with Gasteiger partial charge in [-0.1, -0.05) is 0 Å². The van der Waals surface area contributed by atoms with Crippen molar-refractivity contribution >= 4 is 5.78 Å². The smallest absolute Gasteiger partial charge is 0.248 e. The third-order valence-electron chi connectivity index (χ3n) is 2.37. The Morgan fingerprint density at radius 1 is 1.43 bits per heavy atom. The van der Waals surface area contributed by atoms with Crippen molar-refractivity contribution in [3.05, 3.63) is 34.2 Å². The van der Waals surface area contributed by atoms with Crippen LogP contribution in [-0.2, 0) is 9.53 Å². The standard InChI is InChI=1S/C10H11NO3/c12-9-2-4-14-6-8(9)7-1-3-11-10(13)5-7/h1,3,5,8H,2,4,6H2,(H,11,13). The number of nitrogens with one attached hydrogen (secondary N) is 1. The van der Waals surface area contributed by atoms with Gasteiger partial charge in [0.05, 0.1) is 19.1 Å². The average Bonchev–Trinajstić information content (AvgIpc) is 2.18.